The van der Waals surface area contributed by atoms with Gasteiger partial charge in [-0.25, -0.2) is 16.8 Å². The highest BCUT2D eigenvalue weighted by molar-refractivity contribution is 7.93. The number of rotatable bonds is 9. The first-order valence-corrected chi connectivity index (χ1v) is 14.7. The molecule has 196 valence electrons. The molecule has 1 amide bonds. The molecule has 0 bridgehead atoms. The Kier molecular flexibility index (Phi) is 8.27. The number of anilines is 3. The normalized spacial score (nSPS) is 11.5. The molecule has 0 fully saturated rings. The molecule has 0 aliphatic carbocycles. The van der Waals surface area contributed by atoms with E-state index >= 15 is 0 Å². The summed E-state index contributed by atoms with van der Waals surface area (Å²) in [6.45, 7) is -0.618. The highest BCUT2D eigenvalue weighted by Crippen LogP contribution is 2.33. The molecule has 0 aliphatic rings. The molecule has 0 atom stereocenters. The van der Waals surface area contributed by atoms with E-state index in [1.54, 1.807) is 48.5 Å². The molecular weight excluding hydrogens is 569 g/mol. The molecule has 0 saturated carbocycles. The van der Waals surface area contributed by atoms with E-state index in [-0.39, 0.29) is 31.2 Å². The Morgan fingerprint density at radius 2 is 1.32 bits per heavy atom. The first-order valence-electron chi connectivity index (χ1n) is 11.1. The maximum absolute atomic E-state index is 13.5. The lowest BCUT2D eigenvalue weighted by molar-refractivity contribution is -0.114. The van der Waals surface area contributed by atoms with Crippen molar-refractivity contribution in [3.8, 4) is 0 Å². The van der Waals surface area contributed by atoms with Gasteiger partial charge in [0.2, 0.25) is 5.91 Å². The fraction of sp³-hybridized carbons (Fsp3) is 0.0385. The Balaban J connectivity index is 1.56. The summed E-state index contributed by atoms with van der Waals surface area (Å²) >= 11 is 12.4. The van der Waals surface area contributed by atoms with Crippen LogP contribution in [0.5, 0.6) is 0 Å². The molecule has 0 radical (unpaired) electrons. The van der Waals surface area contributed by atoms with Crippen LogP contribution in [0.1, 0.15) is 0 Å². The average Bonchev–Trinajstić information content (AvgIpc) is 2.90. The van der Waals surface area contributed by atoms with E-state index in [1.807, 2.05) is 0 Å². The smallest absolute Gasteiger partial charge is 0.264 e. The van der Waals surface area contributed by atoms with Crippen molar-refractivity contribution in [2.75, 3.05) is 20.9 Å². The van der Waals surface area contributed by atoms with Crippen LogP contribution in [0.4, 0.5) is 17.1 Å². The molecule has 4 rings (SSSR count). The van der Waals surface area contributed by atoms with Gasteiger partial charge in [-0.15, -0.1) is 0 Å². The molecule has 4 aromatic rings. The van der Waals surface area contributed by atoms with Gasteiger partial charge in [0.15, 0.2) is 0 Å². The Morgan fingerprint density at radius 1 is 0.711 bits per heavy atom. The lowest BCUT2D eigenvalue weighted by Crippen LogP contribution is -2.38. The quantitative estimate of drug-likeness (QED) is 0.263. The first-order chi connectivity index (χ1) is 18.1. The molecule has 0 aromatic heterocycles. The molecule has 8 nitrogen and oxygen atoms in total. The SMILES string of the molecule is O=C(CN(c1cc(Cl)ccc1Cl)S(=O)(=O)c1ccccc1)Nc1ccc(S(=O)(=O)Nc2ccccc2)cc1. The van der Waals surface area contributed by atoms with Gasteiger partial charge in [0.25, 0.3) is 20.0 Å². The molecule has 4 aromatic carbocycles. The van der Waals surface area contributed by atoms with Crippen molar-refractivity contribution < 1.29 is 21.6 Å². The Labute approximate surface area is 230 Å². The summed E-state index contributed by atoms with van der Waals surface area (Å²) in [5.74, 6) is -0.682. The third-order valence-corrected chi connectivity index (χ3v) is 9.00. The van der Waals surface area contributed by atoms with Gasteiger partial charge >= 0.3 is 0 Å². The fourth-order valence-electron chi connectivity index (χ4n) is 3.46. The van der Waals surface area contributed by atoms with Gasteiger partial charge < -0.3 is 5.32 Å². The van der Waals surface area contributed by atoms with Crippen LogP contribution in [-0.4, -0.2) is 29.3 Å². The number of nitrogens with zero attached hydrogens (tertiary/aromatic N) is 1. The number of nitrogens with one attached hydrogen (secondary N) is 2. The van der Waals surface area contributed by atoms with Crippen LogP contribution >= 0.6 is 23.2 Å². The summed E-state index contributed by atoms with van der Waals surface area (Å²) in [6.07, 6.45) is 0. The van der Waals surface area contributed by atoms with E-state index in [2.05, 4.69) is 10.0 Å². The van der Waals surface area contributed by atoms with Gasteiger partial charge in [-0.2, -0.15) is 0 Å². The molecular formula is C26H21Cl2N3O5S2. The van der Waals surface area contributed by atoms with E-state index in [4.69, 9.17) is 23.2 Å². The van der Waals surface area contributed by atoms with Crippen molar-refractivity contribution in [2.24, 2.45) is 0 Å². The van der Waals surface area contributed by atoms with Crippen molar-refractivity contribution in [1.29, 1.82) is 0 Å². The topological polar surface area (TPSA) is 113 Å². The first kappa shape index (κ1) is 27.5. The molecule has 0 spiro atoms. The standard InChI is InChI=1S/C26H21Cl2N3O5S2/c27-19-11-16-24(28)25(17-19)31(38(35,36)23-9-5-2-6-10-23)18-26(32)29-20-12-14-22(15-13-20)37(33,34)30-21-7-3-1-4-8-21/h1-17,30H,18H2,(H,29,32). The van der Waals surface area contributed by atoms with E-state index in [0.717, 1.165) is 4.31 Å². The van der Waals surface area contributed by atoms with E-state index < -0.39 is 32.5 Å². The minimum Gasteiger partial charge on any atom is -0.325 e. The number of hydrogen-bond acceptors (Lipinski definition) is 5. The van der Waals surface area contributed by atoms with E-state index in [9.17, 15) is 21.6 Å². The minimum absolute atomic E-state index is 0.0154. The molecule has 0 aliphatic heterocycles. The Morgan fingerprint density at radius 3 is 1.95 bits per heavy atom. The number of para-hydroxylation sites is 1. The molecule has 0 heterocycles. The van der Waals surface area contributed by atoms with Gasteiger partial charge in [-0.3, -0.25) is 13.8 Å². The second-order valence-electron chi connectivity index (χ2n) is 7.96. The summed E-state index contributed by atoms with van der Waals surface area (Å²) in [7, 11) is -8.04. The van der Waals surface area contributed by atoms with Crippen LogP contribution in [0, 0.1) is 0 Å². The number of halogens is 2. The Hall–Kier alpha value is -3.57. The molecule has 38 heavy (non-hydrogen) atoms. The number of amides is 1. The van der Waals surface area contributed by atoms with Crippen LogP contribution in [0.15, 0.2) is 113 Å². The summed E-state index contributed by atoms with van der Waals surface area (Å²) in [4.78, 5) is 12.9. The second-order valence-corrected chi connectivity index (χ2v) is 12.4. The zero-order valence-electron chi connectivity index (χ0n) is 19.6. The number of benzene rings is 4. The number of sulfonamides is 2. The third kappa shape index (κ3) is 6.46. The number of hydrogen-bond donors (Lipinski definition) is 2. The van der Waals surface area contributed by atoms with Crippen molar-refractivity contribution in [3.05, 3.63) is 113 Å². The Bertz CT molecular complexity index is 1650. The van der Waals surface area contributed by atoms with Crippen LogP contribution < -0.4 is 14.3 Å². The van der Waals surface area contributed by atoms with E-state index in [0.29, 0.717) is 5.69 Å². The summed E-state index contributed by atoms with van der Waals surface area (Å²) in [6, 6.07) is 25.8. The lowest BCUT2D eigenvalue weighted by atomic mass is 10.3. The maximum Gasteiger partial charge on any atom is 0.264 e. The molecule has 12 heteroatoms. The van der Waals surface area contributed by atoms with Crippen molar-refractivity contribution in [3.63, 3.8) is 0 Å². The highest BCUT2D eigenvalue weighted by atomic mass is 35.5. The average molecular weight is 591 g/mol. The van der Waals surface area contributed by atoms with Crippen LogP contribution in [0.2, 0.25) is 10.0 Å². The zero-order chi connectivity index (χ0) is 27.3. The monoisotopic (exact) mass is 589 g/mol. The minimum atomic E-state index is -4.19. The molecule has 0 saturated heterocycles. The largest absolute Gasteiger partial charge is 0.325 e. The molecule has 2 N–H and O–H groups in total. The van der Waals surface area contributed by atoms with Gasteiger partial charge in [-0.05, 0) is 66.7 Å². The van der Waals surface area contributed by atoms with Crippen LogP contribution in [0.3, 0.4) is 0 Å². The zero-order valence-corrected chi connectivity index (χ0v) is 22.7. The number of carbonyl (C=O) groups is 1. The van der Waals surface area contributed by atoms with E-state index in [1.165, 1.54) is 54.6 Å². The summed E-state index contributed by atoms with van der Waals surface area (Å²) in [5.41, 5.74) is 0.707. The number of carbonyl (C=O) groups excluding carboxylic acids is 1. The summed E-state index contributed by atoms with van der Waals surface area (Å²) in [5, 5.41) is 2.91. The van der Waals surface area contributed by atoms with Gasteiger partial charge in [0, 0.05) is 16.4 Å². The van der Waals surface area contributed by atoms with Crippen LogP contribution in [0.25, 0.3) is 0 Å². The maximum atomic E-state index is 13.5. The lowest BCUT2D eigenvalue weighted by Gasteiger charge is -2.25. The highest BCUT2D eigenvalue weighted by Gasteiger charge is 2.29. The fourth-order valence-corrected chi connectivity index (χ4v) is 6.41. The predicted molar refractivity (Wildman–Crippen MR) is 150 cm³/mol. The van der Waals surface area contributed by atoms with Crippen LogP contribution in [-0.2, 0) is 24.8 Å². The second kappa shape index (κ2) is 11.4. The third-order valence-electron chi connectivity index (χ3n) is 5.27. The predicted octanol–water partition coefficient (Wildman–Crippen LogP) is 5.63. The van der Waals surface area contributed by atoms with Gasteiger partial charge in [0.1, 0.15) is 6.54 Å². The van der Waals surface area contributed by atoms with Gasteiger partial charge in [0.05, 0.1) is 20.5 Å². The van der Waals surface area contributed by atoms with Crippen molar-refractivity contribution in [2.45, 2.75) is 9.79 Å². The van der Waals surface area contributed by atoms with Gasteiger partial charge in [-0.1, -0.05) is 59.6 Å². The molecule has 0 unspecified atom stereocenters. The van der Waals surface area contributed by atoms with Crippen molar-refractivity contribution >= 4 is 66.2 Å². The van der Waals surface area contributed by atoms with Crippen molar-refractivity contribution in [1.82, 2.24) is 0 Å². The summed E-state index contributed by atoms with van der Waals surface area (Å²) < 4.78 is 55.6.